The number of pyridine rings is 1. The van der Waals surface area contributed by atoms with Gasteiger partial charge < -0.3 is 10.6 Å². The molecule has 0 radical (unpaired) electrons. The fourth-order valence-corrected chi connectivity index (χ4v) is 3.06. The average molecular weight is 343 g/mol. The number of rotatable bonds is 6. The third-order valence-corrected chi connectivity index (χ3v) is 4.40. The van der Waals surface area contributed by atoms with Crippen molar-refractivity contribution in [2.75, 3.05) is 12.8 Å². The molecule has 0 fully saturated rings. The van der Waals surface area contributed by atoms with Gasteiger partial charge in [-0.25, -0.2) is 4.99 Å². The van der Waals surface area contributed by atoms with Crippen molar-refractivity contribution >= 4 is 17.7 Å². The minimum Gasteiger partial charge on any atom is -0.357 e. The zero-order chi connectivity index (χ0) is 17.4. The standard InChI is InChI=1S/C19H26N4S/c1-5-20-19(22-13-17-8-6-7-15(3)23-17)21-12-16-10-9-14(2)11-18(16)24-4/h6-11H,5,12-13H2,1-4H3,(H2,20,21,22). The van der Waals surface area contributed by atoms with Crippen LogP contribution in [0.25, 0.3) is 0 Å². The molecule has 0 aliphatic heterocycles. The highest BCUT2D eigenvalue weighted by Crippen LogP contribution is 2.22. The van der Waals surface area contributed by atoms with Crippen molar-refractivity contribution < 1.29 is 0 Å². The summed E-state index contributed by atoms with van der Waals surface area (Å²) in [5.74, 6) is 0.813. The van der Waals surface area contributed by atoms with Crippen LogP contribution in [0, 0.1) is 13.8 Å². The molecule has 0 saturated heterocycles. The average Bonchev–Trinajstić information content (AvgIpc) is 2.58. The van der Waals surface area contributed by atoms with Crippen LogP contribution in [0.3, 0.4) is 0 Å². The predicted octanol–water partition coefficient (Wildman–Crippen LogP) is 3.68. The molecule has 0 amide bonds. The number of aromatic nitrogens is 1. The highest BCUT2D eigenvalue weighted by molar-refractivity contribution is 7.98. The molecule has 0 atom stereocenters. The Bertz CT molecular complexity index is 698. The second-order valence-electron chi connectivity index (χ2n) is 5.63. The fourth-order valence-electron chi connectivity index (χ4n) is 2.36. The lowest BCUT2D eigenvalue weighted by Gasteiger charge is -2.12. The zero-order valence-electron chi connectivity index (χ0n) is 14.9. The van der Waals surface area contributed by atoms with Crippen LogP contribution < -0.4 is 10.6 Å². The molecule has 1 aromatic heterocycles. The summed E-state index contributed by atoms with van der Waals surface area (Å²) in [6.07, 6.45) is 2.11. The van der Waals surface area contributed by atoms with Crippen molar-refractivity contribution in [3.63, 3.8) is 0 Å². The molecule has 2 rings (SSSR count). The Labute approximate surface area is 149 Å². The molecule has 5 heteroatoms. The highest BCUT2D eigenvalue weighted by Gasteiger charge is 2.03. The molecule has 2 aromatic rings. The number of aliphatic imine (C=N–C) groups is 1. The Hall–Kier alpha value is -2.01. The number of aryl methyl sites for hydroxylation is 2. The second kappa shape index (κ2) is 9.33. The van der Waals surface area contributed by atoms with Crippen molar-refractivity contribution in [1.82, 2.24) is 15.6 Å². The summed E-state index contributed by atoms with van der Waals surface area (Å²) in [4.78, 5) is 10.5. The van der Waals surface area contributed by atoms with Gasteiger partial charge in [0.15, 0.2) is 5.96 Å². The topological polar surface area (TPSA) is 49.3 Å². The van der Waals surface area contributed by atoms with Gasteiger partial charge in [-0.1, -0.05) is 18.2 Å². The Morgan fingerprint density at radius 2 is 2.00 bits per heavy atom. The molecule has 128 valence electrons. The van der Waals surface area contributed by atoms with Crippen LogP contribution in [-0.4, -0.2) is 23.7 Å². The lowest BCUT2D eigenvalue weighted by atomic mass is 10.1. The van der Waals surface area contributed by atoms with Crippen LogP contribution in [-0.2, 0) is 13.1 Å². The highest BCUT2D eigenvalue weighted by atomic mass is 32.2. The molecule has 4 nitrogen and oxygen atoms in total. The molecule has 1 aromatic carbocycles. The molecule has 0 unspecified atom stereocenters. The molecule has 0 bridgehead atoms. The van der Waals surface area contributed by atoms with Gasteiger partial charge in [0.25, 0.3) is 0 Å². The van der Waals surface area contributed by atoms with Crippen LogP contribution in [0.15, 0.2) is 46.3 Å². The van der Waals surface area contributed by atoms with E-state index in [2.05, 4.69) is 53.9 Å². The van der Waals surface area contributed by atoms with Gasteiger partial charge in [-0.3, -0.25) is 4.98 Å². The summed E-state index contributed by atoms with van der Waals surface area (Å²) < 4.78 is 0. The van der Waals surface area contributed by atoms with Crippen molar-refractivity contribution in [3.8, 4) is 0 Å². The van der Waals surface area contributed by atoms with E-state index in [-0.39, 0.29) is 0 Å². The quantitative estimate of drug-likeness (QED) is 0.478. The van der Waals surface area contributed by atoms with Crippen molar-refractivity contribution in [2.45, 2.75) is 38.8 Å². The predicted molar refractivity (Wildman–Crippen MR) is 104 cm³/mol. The van der Waals surface area contributed by atoms with Gasteiger partial charge in [0.05, 0.1) is 18.8 Å². The van der Waals surface area contributed by atoms with E-state index >= 15 is 0 Å². The molecular formula is C19H26N4S. The lowest BCUT2D eigenvalue weighted by molar-refractivity contribution is 0.795. The minimum absolute atomic E-state index is 0.660. The molecular weight excluding hydrogens is 316 g/mol. The smallest absolute Gasteiger partial charge is 0.191 e. The van der Waals surface area contributed by atoms with Crippen LogP contribution >= 0.6 is 11.8 Å². The number of hydrogen-bond acceptors (Lipinski definition) is 3. The van der Waals surface area contributed by atoms with Crippen molar-refractivity contribution in [3.05, 3.63) is 58.9 Å². The molecule has 0 aliphatic carbocycles. The zero-order valence-corrected chi connectivity index (χ0v) is 15.7. The van der Waals surface area contributed by atoms with Gasteiger partial charge in [-0.05, 0) is 56.4 Å². The molecule has 2 N–H and O–H groups in total. The summed E-state index contributed by atoms with van der Waals surface area (Å²) in [6.45, 7) is 8.35. The van der Waals surface area contributed by atoms with Crippen molar-refractivity contribution in [1.29, 1.82) is 0 Å². The van der Waals surface area contributed by atoms with Gasteiger partial charge in [-0.15, -0.1) is 11.8 Å². The Balaban J connectivity index is 2.05. The third kappa shape index (κ3) is 5.57. The van der Waals surface area contributed by atoms with Gasteiger partial charge in [0, 0.05) is 17.1 Å². The summed E-state index contributed by atoms with van der Waals surface area (Å²) in [5.41, 5.74) is 4.57. The lowest BCUT2D eigenvalue weighted by Crippen LogP contribution is -2.37. The number of nitrogens with zero attached hydrogens (tertiary/aromatic N) is 2. The van der Waals surface area contributed by atoms with Gasteiger partial charge in [0.1, 0.15) is 0 Å². The van der Waals surface area contributed by atoms with E-state index < -0.39 is 0 Å². The van der Waals surface area contributed by atoms with E-state index in [9.17, 15) is 0 Å². The normalized spacial score (nSPS) is 11.4. The Morgan fingerprint density at radius 3 is 2.71 bits per heavy atom. The number of guanidine groups is 1. The Morgan fingerprint density at radius 1 is 1.17 bits per heavy atom. The maximum Gasteiger partial charge on any atom is 0.191 e. The minimum atomic E-state index is 0.660. The number of thioether (sulfide) groups is 1. The third-order valence-electron chi connectivity index (χ3n) is 3.58. The van der Waals surface area contributed by atoms with E-state index in [1.54, 1.807) is 11.8 Å². The number of hydrogen-bond donors (Lipinski definition) is 2. The molecule has 24 heavy (non-hydrogen) atoms. The summed E-state index contributed by atoms with van der Waals surface area (Å²) in [7, 11) is 0. The summed E-state index contributed by atoms with van der Waals surface area (Å²) in [5, 5.41) is 6.64. The van der Waals surface area contributed by atoms with Gasteiger partial charge in [-0.2, -0.15) is 0 Å². The maximum absolute atomic E-state index is 4.71. The maximum atomic E-state index is 4.71. The van der Waals surface area contributed by atoms with E-state index in [1.165, 1.54) is 16.0 Å². The Kier molecular flexibility index (Phi) is 7.12. The molecule has 0 aliphatic rings. The van der Waals surface area contributed by atoms with E-state index in [0.29, 0.717) is 13.1 Å². The number of benzene rings is 1. The first-order valence-corrected chi connectivity index (χ1v) is 9.43. The van der Waals surface area contributed by atoms with E-state index in [0.717, 1.165) is 23.9 Å². The SMILES string of the molecule is CCNC(=NCc1ccc(C)cc1SC)NCc1cccc(C)n1. The monoisotopic (exact) mass is 342 g/mol. The largest absolute Gasteiger partial charge is 0.357 e. The second-order valence-corrected chi connectivity index (χ2v) is 6.48. The fraction of sp³-hybridized carbons (Fsp3) is 0.368. The van der Waals surface area contributed by atoms with Crippen LogP contribution in [0.5, 0.6) is 0 Å². The first kappa shape index (κ1) is 18.3. The van der Waals surface area contributed by atoms with Crippen LogP contribution in [0.4, 0.5) is 0 Å². The summed E-state index contributed by atoms with van der Waals surface area (Å²) >= 11 is 1.77. The molecule has 0 spiro atoms. The first-order chi connectivity index (χ1) is 11.6. The van der Waals surface area contributed by atoms with Gasteiger partial charge >= 0.3 is 0 Å². The first-order valence-electron chi connectivity index (χ1n) is 8.20. The van der Waals surface area contributed by atoms with E-state index in [1.807, 2.05) is 25.1 Å². The number of nitrogens with one attached hydrogen (secondary N) is 2. The van der Waals surface area contributed by atoms with E-state index in [4.69, 9.17) is 4.99 Å². The molecule has 0 saturated carbocycles. The van der Waals surface area contributed by atoms with Gasteiger partial charge in [0.2, 0.25) is 0 Å². The summed E-state index contributed by atoms with van der Waals surface area (Å²) in [6, 6.07) is 12.6. The van der Waals surface area contributed by atoms with Crippen LogP contribution in [0.2, 0.25) is 0 Å². The van der Waals surface area contributed by atoms with Crippen molar-refractivity contribution in [2.24, 2.45) is 4.99 Å². The van der Waals surface area contributed by atoms with Crippen LogP contribution in [0.1, 0.15) is 29.4 Å². The molecule has 1 heterocycles.